The first kappa shape index (κ1) is 13.3. The van der Waals surface area contributed by atoms with E-state index in [0.29, 0.717) is 5.56 Å². The van der Waals surface area contributed by atoms with E-state index in [1.807, 2.05) is 0 Å². The number of hydrogen-bond donors (Lipinski definition) is 3. The van der Waals surface area contributed by atoms with Gasteiger partial charge < -0.3 is 15.3 Å². The van der Waals surface area contributed by atoms with Gasteiger partial charge in [-0.15, -0.1) is 6.58 Å². The number of aromatic nitrogens is 2. The molecule has 0 spiro atoms. The van der Waals surface area contributed by atoms with E-state index >= 15 is 0 Å². The maximum Gasteiger partial charge on any atom is 0.313 e. The zero-order valence-corrected chi connectivity index (χ0v) is 9.10. The summed E-state index contributed by atoms with van der Waals surface area (Å²) in [7, 11) is 0. The number of carboxylic acid groups (broad SMARTS) is 1. The average molecular weight is 238 g/mol. The lowest BCUT2D eigenvalue weighted by atomic mass is 9.92. The largest absolute Gasteiger partial charge is 0.481 e. The number of carbonyl (C=O) groups is 1. The molecule has 1 unspecified atom stereocenters. The van der Waals surface area contributed by atoms with Crippen LogP contribution in [0.25, 0.3) is 0 Å². The number of nitrogens with zero attached hydrogens (tertiary/aromatic N) is 2. The SMILES string of the molecule is C=C[C@@H](O)C[C@@H](O)C(C(=O)O)c1cncnc1. The van der Waals surface area contributed by atoms with Gasteiger partial charge in [0.15, 0.2) is 0 Å². The molecule has 6 nitrogen and oxygen atoms in total. The maximum atomic E-state index is 11.1. The van der Waals surface area contributed by atoms with Crippen LogP contribution >= 0.6 is 0 Å². The summed E-state index contributed by atoms with van der Waals surface area (Å²) >= 11 is 0. The molecule has 1 aromatic rings. The Labute approximate surface area is 98.3 Å². The van der Waals surface area contributed by atoms with Crippen molar-refractivity contribution in [1.29, 1.82) is 0 Å². The van der Waals surface area contributed by atoms with Crippen LogP contribution in [0.3, 0.4) is 0 Å². The fourth-order valence-corrected chi connectivity index (χ4v) is 1.48. The Morgan fingerprint density at radius 3 is 2.47 bits per heavy atom. The van der Waals surface area contributed by atoms with Crippen LogP contribution in [0.2, 0.25) is 0 Å². The van der Waals surface area contributed by atoms with Gasteiger partial charge in [-0.05, 0) is 0 Å². The Morgan fingerprint density at radius 2 is 2.00 bits per heavy atom. The summed E-state index contributed by atoms with van der Waals surface area (Å²) < 4.78 is 0. The molecule has 0 aliphatic carbocycles. The van der Waals surface area contributed by atoms with E-state index in [2.05, 4.69) is 16.5 Å². The van der Waals surface area contributed by atoms with Gasteiger partial charge in [0.2, 0.25) is 0 Å². The second-order valence-corrected chi connectivity index (χ2v) is 3.59. The van der Waals surface area contributed by atoms with E-state index < -0.39 is 24.1 Å². The van der Waals surface area contributed by atoms with Crippen LogP contribution in [0.1, 0.15) is 17.9 Å². The summed E-state index contributed by atoms with van der Waals surface area (Å²) in [6, 6.07) is 0. The molecule has 0 saturated heterocycles. The lowest BCUT2D eigenvalue weighted by Gasteiger charge is -2.20. The van der Waals surface area contributed by atoms with Crippen LogP contribution < -0.4 is 0 Å². The highest BCUT2D eigenvalue weighted by molar-refractivity contribution is 5.76. The molecule has 0 aliphatic rings. The van der Waals surface area contributed by atoms with E-state index in [1.54, 1.807) is 0 Å². The summed E-state index contributed by atoms with van der Waals surface area (Å²) in [6.07, 6.45) is 2.89. The highest BCUT2D eigenvalue weighted by Gasteiger charge is 2.29. The van der Waals surface area contributed by atoms with Crippen molar-refractivity contribution in [1.82, 2.24) is 9.97 Å². The molecular weight excluding hydrogens is 224 g/mol. The first-order chi connectivity index (χ1) is 8.06. The number of aliphatic hydroxyl groups excluding tert-OH is 2. The van der Waals surface area contributed by atoms with Crippen molar-refractivity contribution in [2.75, 3.05) is 0 Å². The summed E-state index contributed by atoms with van der Waals surface area (Å²) in [5, 5.41) is 28.2. The number of carboxylic acids is 1. The molecule has 17 heavy (non-hydrogen) atoms. The fraction of sp³-hybridized carbons (Fsp3) is 0.364. The molecule has 92 valence electrons. The predicted molar refractivity (Wildman–Crippen MR) is 59.2 cm³/mol. The van der Waals surface area contributed by atoms with E-state index in [-0.39, 0.29) is 6.42 Å². The van der Waals surface area contributed by atoms with Crippen LogP contribution in [-0.2, 0) is 4.79 Å². The number of rotatable bonds is 6. The van der Waals surface area contributed by atoms with Gasteiger partial charge in [-0.25, -0.2) is 9.97 Å². The molecule has 0 amide bonds. The molecule has 1 heterocycles. The molecule has 1 rings (SSSR count). The lowest BCUT2D eigenvalue weighted by molar-refractivity contribution is -0.142. The van der Waals surface area contributed by atoms with E-state index in [9.17, 15) is 15.0 Å². The van der Waals surface area contributed by atoms with Crippen LogP contribution in [0.15, 0.2) is 31.4 Å². The van der Waals surface area contributed by atoms with Crippen LogP contribution in [0.5, 0.6) is 0 Å². The summed E-state index contributed by atoms with van der Waals surface area (Å²) in [5.74, 6) is -2.35. The van der Waals surface area contributed by atoms with Gasteiger partial charge in [0, 0.05) is 24.4 Å². The Bertz CT molecular complexity index is 382. The molecule has 1 aromatic heterocycles. The Kier molecular flexibility index (Phi) is 4.74. The zero-order chi connectivity index (χ0) is 12.8. The standard InChI is InChI=1S/C11H14N2O4/c1-2-8(14)3-9(15)10(11(16)17)7-4-12-6-13-5-7/h2,4-6,8-10,14-15H,1,3H2,(H,16,17)/t8-,9-,10?/m1/s1. The normalized spacial score (nSPS) is 15.9. The van der Waals surface area contributed by atoms with Crippen molar-refractivity contribution in [2.45, 2.75) is 24.5 Å². The molecule has 3 atom stereocenters. The van der Waals surface area contributed by atoms with Crippen molar-refractivity contribution in [2.24, 2.45) is 0 Å². The van der Waals surface area contributed by atoms with Crippen molar-refractivity contribution in [3.63, 3.8) is 0 Å². The van der Waals surface area contributed by atoms with Crippen molar-refractivity contribution < 1.29 is 20.1 Å². The smallest absolute Gasteiger partial charge is 0.313 e. The van der Waals surface area contributed by atoms with Crippen LogP contribution in [0, 0.1) is 0 Å². The van der Waals surface area contributed by atoms with E-state index in [0.717, 1.165) is 0 Å². The van der Waals surface area contributed by atoms with Gasteiger partial charge in [-0.1, -0.05) is 6.08 Å². The highest BCUT2D eigenvalue weighted by Crippen LogP contribution is 2.22. The molecule has 0 bridgehead atoms. The summed E-state index contributed by atoms with van der Waals surface area (Å²) in [5.41, 5.74) is 0.295. The number of aliphatic hydroxyl groups is 2. The quantitative estimate of drug-likeness (QED) is 0.600. The van der Waals surface area contributed by atoms with Gasteiger partial charge >= 0.3 is 5.97 Å². The third-order valence-electron chi connectivity index (χ3n) is 2.35. The van der Waals surface area contributed by atoms with Crippen molar-refractivity contribution >= 4 is 5.97 Å². The summed E-state index contributed by atoms with van der Waals surface area (Å²) in [4.78, 5) is 18.5. The molecule has 0 fully saturated rings. The van der Waals surface area contributed by atoms with E-state index in [1.165, 1.54) is 24.8 Å². The molecule has 6 heteroatoms. The van der Waals surface area contributed by atoms with Gasteiger partial charge in [0.1, 0.15) is 12.2 Å². The molecular formula is C11H14N2O4. The molecule has 0 saturated carbocycles. The first-order valence-corrected chi connectivity index (χ1v) is 5.02. The first-order valence-electron chi connectivity index (χ1n) is 5.02. The fourth-order valence-electron chi connectivity index (χ4n) is 1.48. The lowest BCUT2D eigenvalue weighted by Crippen LogP contribution is -2.29. The second kappa shape index (κ2) is 6.07. The minimum Gasteiger partial charge on any atom is -0.481 e. The third-order valence-corrected chi connectivity index (χ3v) is 2.35. The Hall–Kier alpha value is -1.79. The maximum absolute atomic E-state index is 11.1. The van der Waals surface area contributed by atoms with Crippen molar-refractivity contribution in [3.8, 4) is 0 Å². The molecule has 3 N–H and O–H groups in total. The molecule has 0 aromatic carbocycles. The minimum absolute atomic E-state index is 0.102. The van der Waals surface area contributed by atoms with Gasteiger partial charge in [-0.2, -0.15) is 0 Å². The average Bonchev–Trinajstić information content (AvgIpc) is 2.29. The highest BCUT2D eigenvalue weighted by atomic mass is 16.4. The monoisotopic (exact) mass is 238 g/mol. The minimum atomic E-state index is -1.23. The third kappa shape index (κ3) is 3.61. The molecule has 0 radical (unpaired) electrons. The Balaban J connectivity index is 2.87. The van der Waals surface area contributed by atoms with Crippen LogP contribution in [-0.4, -0.2) is 43.5 Å². The number of aliphatic carboxylic acids is 1. The predicted octanol–water partition coefficient (Wildman–Crippen LogP) is -0.0573. The van der Waals surface area contributed by atoms with Gasteiger partial charge in [-0.3, -0.25) is 4.79 Å². The Morgan fingerprint density at radius 1 is 1.41 bits per heavy atom. The van der Waals surface area contributed by atoms with Gasteiger partial charge in [0.05, 0.1) is 12.2 Å². The zero-order valence-electron chi connectivity index (χ0n) is 9.10. The van der Waals surface area contributed by atoms with Crippen LogP contribution in [0.4, 0.5) is 0 Å². The van der Waals surface area contributed by atoms with E-state index in [4.69, 9.17) is 5.11 Å². The molecule has 0 aliphatic heterocycles. The summed E-state index contributed by atoms with van der Waals surface area (Å²) in [6.45, 7) is 3.36. The second-order valence-electron chi connectivity index (χ2n) is 3.59. The van der Waals surface area contributed by atoms with Crippen molar-refractivity contribution in [3.05, 3.63) is 36.9 Å². The topological polar surface area (TPSA) is 104 Å². The number of hydrogen-bond acceptors (Lipinski definition) is 5. The van der Waals surface area contributed by atoms with Gasteiger partial charge in [0.25, 0.3) is 0 Å².